The number of rotatable bonds is 6. The number of nitrogens with one attached hydrogen (secondary N) is 1. The molecule has 0 unspecified atom stereocenters. The lowest BCUT2D eigenvalue weighted by Gasteiger charge is -2.05. The molecular formula is C24H18ClN3O3S2. The molecule has 2 heterocycles. The summed E-state index contributed by atoms with van der Waals surface area (Å²) in [5.74, 6) is -1.29. The van der Waals surface area contributed by atoms with Crippen molar-refractivity contribution in [1.82, 2.24) is 9.55 Å². The molecular weight excluding hydrogens is 478 g/mol. The summed E-state index contributed by atoms with van der Waals surface area (Å²) in [6, 6.07) is 22.1. The van der Waals surface area contributed by atoms with Crippen molar-refractivity contribution < 1.29 is 13.2 Å². The summed E-state index contributed by atoms with van der Waals surface area (Å²) in [4.78, 5) is 17.1. The highest BCUT2D eigenvalue weighted by Crippen LogP contribution is 2.28. The number of thiazole rings is 1. The van der Waals surface area contributed by atoms with E-state index in [0.29, 0.717) is 22.1 Å². The molecule has 3 aromatic carbocycles. The van der Waals surface area contributed by atoms with Crippen molar-refractivity contribution in [2.24, 2.45) is 0 Å². The van der Waals surface area contributed by atoms with E-state index in [-0.39, 0.29) is 4.90 Å². The summed E-state index contributed by atoms with van der Waals surface area (Å²) in [5.41, 5.74) is 2.52. The number of sulfone groups is 1. The standard InChI is InChI=1S/C24H18ClN3O3S2/c25-17-11-9-16(10-12-17)13-28-14-22(18-5-1-3-7-20(18)28)33(30,31)15-23(29)27-24-26-19-6-2-4-8-21(19)32-24/h1-12,14H,13,15H2,(H,26,27,29). The summed E-state index contributed by atoms with van der Waals surface area (Å²) < 4.78 is 29.2. The molecule has 0 bridgehead atoms. The van der Waals surface area contributed by atoms with E-state index in [1.165, 1.54) is 11.3 Å². The summed E-state index contributed by atoms with van der Waals surface area (Å²) in [6.07, 6.45) is 1.60. The number of amides is 1. The number of hydrogen-bond donors (Lipinski definition) is 1. The van der Waals surface area contributed by atoms with Crippen LogP contribution in [0.15, 0.2) is 83.9 Å². The molecule has 0 spiro atoms. The third kappa shape index (κ3) is 4.50. The maximum absolute atomic E-state index is 13.2. The van der Waals surface area contributed by atoms with Crippen LogP contribution in [0.25, 0.3) is 21.1 Å². The van der Waals surface area contributed by atoms with Gasteiger partial charge in [-0.05, 0) is 35.9 Å². The van der Waals surface area contributed by atoms with E-state index in [9.17, 15) is 13.2 Å². The molecule has 9 heteroatoms. The van der Waals surface area contributed by atoms with Gasteiger partial charge in [0.1, 0.15) is 5.75 Å². The SMILES string of the molecule is O=C(CS(=O)(=O)c1cn(Cc2ccc(Cl)cc2)c2ccccc12)Nc1nc2ccccc2s1. The predicted molar refractivity (Wildman–Crippen MR) is 133 cm³/mol. The molecule has 0 aliphatic heterocycles. The van der Waals surface area contributed by atoms with E-state index in [1.807, 2.05) is 53.1 Å². The van der Waals surface area contributed by atoms with Crippen LogP contribution in [0.4, 0.5) is 5.13 Å². The van der Waals surface area contributed by atoms with Gasteiger partial charge in [-0.3, -0.25) is 4.79 Å². The minimum atomic E-state index is -3.89. The summed E-state index contributed by atoms with van der Waals surface area (Å²) in [5, 5.41) is 4.22. The molecule has 2 aromatic heterocycles. The Kier molecular flexibility index (Phi) is 5.65. The van der Waals surface area contributed by atoms with Gasteiger partial charge in [-0.2, -0.15) is 0 Å². The largest absolute Gasteiger partial charge is 0.342 e. The van der Waals surface area contributed by atoms with Crippen LogP contribution in [0.5, 0.6) is 0 Å². The van der Waals surface area contributed by atoms with Crippen molar-refractivity contribution in [3.63, 3.8) is 0 Å². The first kappa shape index (κ1) is 21.6. The maximum Gasteiger partial charge on any atom is 0.241 e. The van der Waals surface area contributed by atoms with Crippen molar-refractivity contribution in [3.05, 3.63) is 89.6 Å². The smallest absolute Gasteiger partial charge is 0.241 e. The van der Waals surface area contributed by atoms with Gasteiger partial charge in [-0.25, -0.2) is 13.4 Å². The van der Waals surface area contributed by atoms with Gasteiger partial charge in [0.05, 0.1) is 15.1 Å². The van der Waals surface area contributed by atoms with Crippen LogP contribution in [0.2, 0.25) is 5.02 Å². The lowest BCUT2D eigenvalue weighted by Crippen LogP contribution is -2.22. The number of nitrogens with zero attached hydrogens (tertiary/aromatic N) is 2. The van der Waals surface area contributed by atoms with Crippen LogP contribution >= 0.6 is 22.9 Å². The van der Waals surface area contributed by atoms with Crippen LogP contribution in [0, 0.1) is 0 Å². The second-order valence-corrected chi connectivity index (χ2v) is 11.0. The van der Waals surface area contributed by atoms with Crippen LogP contribution in [0.1, 0.15) is 5.56 Å². The molecule has 5 aromatic rings. The predicted octanol–water partition coefficient (Wildman–Crippen LogP) is 5.37. The molecule has 0 saturated carbocycles. The van der Waals surface area contributed by atoms with Gasteiger partial charge in [0.2, 0.25) is 5.91 Å². The third-order valence-electron chi connectivity index (χ3n) is 5.21. The van der Waals surface area contributed by atoms with Gasteiger partial charge in [-0.1, -0.05) is 65.4 Å². The molecule has 6 nitrogen and oxygen atoms in total. The number of carbonyl (C=O) groups is 1. The summed E-state index contributed by atoms with van der Waals surface area (Å²) >= 11 is 7.28. The van der Waals surface area contributed by atoms with Crippen LogP contribution < -0.4 is 5.32 Å². The Labute approximate surface area is 199 Å². The monoisotopic (exact) mass is 495 g/mol. The molecule has 33 heavy (non-hydrogen) atoms. The van der Waals surface area contributed by atoms with Crippen LogP contribution in [0.3, 0.4) is 0 Å². The zero-order chi connectivity index (χ0) is 23.0. The van der Waals surface area contributed by atoms with Gasteiger partial charge in [0, 0.05) is 28.7 Å². The van der Waals surface area contributed by atoms with E-state index in [4.69, 9.17) is 11.6 Å². The first-order valence-corrected chi connectivity index (χ1v) is 12.9. The number of benzene rings is 3. The molecule has 1 N–H and O–H groups in total. The zero-order valence-corrected chi connectivity index (χ0v) is 19.6. The fraction of sp³-hybridized carbons (Fsp3) is 0.0833. The highest BCUT2D eigenvalue weighted by molar-refractivity contribution is 7.92. The van der Waals surface area contributed by atoms with E-state index < -0.39 is 21.5 Å². The second-order valence-electron chi connectivity index (χ2n) is 7.56. The van der Waals surface area contributed by atoms with E-state index in [2.05, 4.69) is 10.3 Å². The van der Waals surface area contributed by atoms with E-state index in [1.54, 1.807) is 30.5 Å². The minimum absolute atomic E-state index is 0.131. The van der Waals surface area contributed by atoms with Crippen LogP contribution in [-0.4, -0.2) is 29.6 Å². The summed E-state index contributed by atoms with van der Waals surface area (Å²) in [7, 11) is -3.89. The number of halogens is 1. The van der Waals surface area contributed by atoms with Crippen LogP contribution in [-0.2, 0) is 21.2 Å². The highest BCUT2D eigenvalue weighted by atomic mass is 35.5. The average Bonchev–Trinajstić information content (AvgIpc) is 3.36. The second kappa shape index (κ2) is 8.62. The Bertz CT molecular complexity index is 1560. The first-order chi connectivity index (χ1) is 15.9. The molecule has 0 saturated heterocycles. The Morgan fingerprint density at radius 2 is 1.73 bits per heavy atom. The highest BCUT2D eigenvalue weighted by Gasteiger charge is 2.25. The fourth-order valence-corrected chi connectivity index (χ4v) is 6.09. The first-order valence-electron chi connectivity index (χ1n) is 10.1. The molecule has 5 rings (SSSR count). The number of carbonyl (C=O) groups excluding carboxylic acids is 1. The quantitative estimate of drug-likeness (QED) is 0.343. The molecule has 0 atom stereocenters. The topological polar surface area (TPSA) is 81.1 Å². The van der Waals surface area contributed by atoms with Crippen molar-refractivity contribution in [3.8, 4) is 0 Å². The van der Waals surface area contributed by atoms with Crippen molar-refractivity contribution >= 4 is 64.9 Å². The average molecular weight is 496 g/mol. The number of anilines is 1. The molecule has 0 aliphatic carbocycles. The Morgan fingerprint density at radius 1 is 1.00 bits per heavy atom. The number of aromatic nitrogens is 2. The van der Waals surface area contributed by atoms with Crippen molar-refractivity contribution in [1.29, 1.82) is 0 Å². The Morgan fingerprint density at radius 3 is 2.52 bits per heavy atom. The molecule has 0 radical (unpaired) electrons. The number of para-hydroxylation sites is 2. The zero-order valence-electron chi connectivity index (χ0n) is 17.2. The van der Waals surface area contributed by atoms with Gasteiger partial charge in [0.15, 0.2) is 15.0 Å². The lowest BCUT2D eigenvalue weighted by molar-refractivity contribution is -0.113. The Balaban J connectivity index is 1.42. The number of fused-ring (bicyclic) bond motifs is 2. The minimum Gasteiger partial charge on any atom is -0.342 e. The fourth-order valence-electron chi connectivity index (χ4n) is 3.71. The molecule has 1 amide bonds. The van der Waals surface area contributed by atoms with E-state index >= 15 is 0 Å². The van der Waals surface area contributed by atoms with E-state index in [0.717, 1.165) is 21.3 Å². The lowest BCUT2D eigenvalue weighted by atomic mass is 10.2. The summed E-state index contributed by atoms with van der Waals surface area (Å²) in [6.45, 7) is 0.477. The molecule has 166 valence electrons. The van der Waals surface area contributed by atoms with Gasteiger partial charge >= 0.3 is 0 Å². The molecule has 0 fully saturated rings. The van der Waals surface area contributed by atoms with Gasteiger partial charge in [-0.15, -0.1) is 0 Å². The number of hydrogen-bond acceptors (Lipinski definition) is 5. The van der Waals surface area contributed by atoms with Gasteiger partial charge in [0.25, 0.3) is 0 Å². The van der Waals surface area contributed by atoms with Crippen molar-refractivity contribution in [2.75, 3.05) is 11.1 Å². The Hall–Kier alpha value is -3.20. The van der Waals surface area contributed by atoms with Crippen molar-refractivity contribution in [2.45, 2.75) is 11.4 Å². The molecule has 0 aliphatic rings. The van der Waals surface area contributed by atoms with Gasteiger partial charge < -0.3 is 9.88 Å². The maximum atomic E-state index is 13.2. The third-order valence-corrected chi connectivity index (χ3v) is 8.06. The normalized spacial score (nSPS) is 11.8.